The van der Waals surface area contributed by atoms with Gasteiger partial charge in [-0.25, -0.2) is 0 Å². The molecule has 0 aliphatic rings. The Morgan fingerprint density at radius 1 is 1.19 bits per heavy atom. The van der Waals surface area contributed by atoms with Crippen LogP contribution in [0.25, 0.3) is 0 Å². The number of nitrogens with two attached hydrogens (primary N) is 1. The van der Waals surface area contributed by atoms with Crippen LogP contribution in [0.3, 0.4) is 0 Å². The molecule has 2 aromatic rings. The van der Waals surface area contributed by atoms with Gasteiger partial charge in [0.2, 0.25) is 5.91 Å². The first-order valence-corrected chi connectivity index (χ1v) is 8.50. The van der Waals surface area contributed by atoms with Crippen molar-refractivity contribution in [3.63, 3.8) is 0 Å². The second kappa shape index (κ2) is 9.47. The highest BCUT2D eigenvalue weighted by Crippen LogP contribution is 2.25. The number of carbonyl (C=O) groups excluding carboxylic acids is 1. The lowest BCUT2D eigenvalue weighted by molar-refractivity contribution is 0.1000. The summed E-state index contributed by atoms with van der Waals surface area (Å²) in [6, 6.07) is 12.9. The number of methoxy groups -OCH3 is 2. The molecule has 0 saturated carbocycles. The summed E-state index contributed by atoms with van der Waals surface area (Å²) in [6.45, 7) is 1.13. The van der Waals surface area contributed by atoms with E-state index >= 15 is 0 Å². The van der Waals surface area contributed by atoms with Crippen LogP contribution in [-0.4, -0.2) is 45.1 Å². The first kappa shape index (κ1) is 20.1. The van der Waals surface area contributed by atoms with Crippen LogP contribution in [0.4, 0.5) is 0 Å². The van der Waals surface area contributed by atoms with E-state index in [-0.39, 0.29) is 0 Å². The van der Waals surface area contributed by atoms with Gasteiger partial charge in [-0.15, -0.1) is 0 Å². The molecule has 3 N–H and O–H groups in total. The molecule has 0 aliphatic carbocycles. The van der Waals surface area contributed by atoms with E-state index in [0.717, 1.165) is 28.6 Å². The molecule has 0 heterocycles. The molecular weight excluding hydrogens is 344 g/mol. The molecule has 7 nitrogen and oxygen atoms in total. The van der Waals surface area contributed by atoms with Crippen molar-refractivity contribution in [1.29, 1.82) is 0 Å². The molecule has 0 saturated heterocycles. The number of amides is 1. The van der Waals surface area contributed by atoms with Gasteiger partial charge < -0.3 is 25.4 Å². The highest BCUT2D eigenvalue weighted by atomic mass is 16.5. The molecule has 2 aromatic carbocycles. The van der Waals surface area contributed by atoms with E-state index in [1.165, 1.54) is 0 Å². The fourth-order valence-corrected chi connectivity index (χ4v) is 2.71. The Morgan fingerprint density at radius 2 is 1.96 bits per heavy atom. The lowest BCUT2D eigenvalue weighted by Gasteiger charge is -2.23. The minimum absolute atomic E-state index is 0.440. The highest BCUT2D eigenvalue weighted by Gasteiger charge is 2.11. The lowest BCUT2D eigenvalue weighted by atomic mass is 10.1. The summed E-state index contributed by atoms with van der Waals surface area (Å²) in [4.78, 5) is 17.6. The van der Waals surface area contributed by atoms with E-state index in [1.54, 1.807) is 33.4 Å². The smallest absolute Gasteiger partial charge is 0.248 e. The van der Waals surface area contributed by atoms with Gasteiger partial charge in [0.05, 0.1) is 14.2 Å². The number of guanidine groups is 1. The van der Waals surface area contributed by atoms with E-state index < -0.39 is 5.91 Å². The summed E-state index contributed by atoms with van der Waals surface area (Å²) in [5, 5.41) is 3.29. The Hall–Kier alpha value is -3.22. The molecule has 0 bridgehead atoms. The van der Waals surface area contributed by atoms with Gasteiger partial charge in [0, 0.05) is 44.4 Å². The predicted molar refractivity (Wildman–Crippen MR) is 106 cm³/mol. The monoisotopic (exact) mass is 370 g/mol. The Labute approximate surface area is 159 Å². The molecule has 0 unspecified atom stereocenters. The van der Waals surface area contributed by atoms with E-state index in [2.05, 4.69) is 10.3 Å². The standard InChI is InChI=1S/C20H26N4O3/c1-22-20(23-12-14-6-5-7-15(10-14)19(21)25)24(2)13-16-8-9-17(26-3)11-18(16)27-4/h5-11H,12-13H2,1-4H3,(H2,21,25)(H,22,23). The summed E-state index contributed by atoms with van der Waals surface area (Å²) in [5.74, 6) is 1.78. The van der Waals surface area contributed by atoms with Crippen molar-refractivity contribution in [1.82, 2.24) is 10.2 Å². The number of rotatable bonds is 7. The molecule has 0 radical (unpaired) electrons. The average Bonchev–Trinajstić information content (AvgIpc) is 2.68. The van der Waals surface area contributed by atoms with Crippen molar-refractivity contribution in [2.45, 2.75) is 13.1 Å². The van der Waals surface area contributed by atoms with Crippen LogP contribution in [0.2, 0.25) is 0 Å². The number of ether oxygens (including phenoxy) is 2. The molecule has 0 aromatic heterocycles. The summed E-state index contributed by atoms with van der Waals surface area (Å²) in [5.41, 5.74) is 7.78. The maximum Gasteiger partial charge on any atom is 0.248 e. The Bertz CT molecular complexity index is 821. The molecule has 1 amide bonds. The Kier molecular flexibility index (Phi) is 7.05. The fraction of sp³-hybridized carbons (Fsp3) is 0.300. The molecule has 144 valence electrons. The second-order valence-electron chi connectivity index (χ2n) is 6.00. The first-order chi connectivity index (χ1) is 13.0. The lowest BCUT2D eigenvalue weighted by Crippen LogP contribution is -2.38. The number of hydrogen-bond acceptors (Lipinski definition) is 4. The molecular formula is C20H26N4O3. The van der Waals surface area contributed by atoms with Gasteiger partial charge in [-0.05, 0) is 29.8 Å². The van der Waals surface area contributed by atoms with Crippen LogP contribution < -0.4 is 20.5 Å². The number of carbonyl (C=O) groups is 1. The van der Waals surface area contributed by atoms with Crippen LogP contribution in [0.15, 0.2) is 47.5 Å². The predicted octanol–water partition coefficient (Wildman–Crippen LogP) is 2.01. The normalized spacial score (nSPS) is 11.0. The third kappa shape index (κ3) is 5.37. The Morgan fingerprint density at radius 3 is 2.59 bits per heavy atom. The molecule has 0 fully saturated rings. The third-order valence-corrected chi connectivity index (χ3v) is 4.14. The fourth-order valence-electron chi connectivity index (χ4n) is 2.71. The topological polar surface area (TPSA) is 89.2 Å². The van der Waals surface area contributed by atoms with Crippen molar-refractivity contribution in [3.8, 4) is 11.5 Å². The minimum atomic E-state index is -0.440. The summed E-state index contributed by atoms with van der Waals surface area (Å²) in [6.07, 6.45) is 0. The van der Waals surface area contributed by atoms with Gasteiger partial charge in [0.15, 0.2) is 5.96 Å². The van der Waals surface area contributed by atoms with Gasteiger partial charge in [-0.1, -0.05) is 12.1 Å². The van der Waals surface area contributed by atoms with E-state index in [1.807, 2.05) is 42.3 Å². The number of nitrogens with one attached hydrogen (secondary N) is 1. The quantitative estimate of drug-likeness (QED) is 0.575. The molecule has 0 atom stereocenters. The zero-order valence-electron chi connectivity index (χ0n) is 16.2. The zero-order chi connectivity index (χ0) is 19.8. The molecule has 7 heteroatoms. The zero-order valence-corrected chi connectivity index (χ0v) is 16.2. The largest absolute Gasteiger partial charge is 0.497 e. The molecule has 0 spiro atoms. The maximum absolute atomic E-state index is 11.3. The SMILES string of the molecule is CN=C(NCc1cccc(C(N)=O)c1)N(C)Cc1ccc(OC)cc1OC. The maximum atomic E-state index is 11.3. The Balaban J connectivity index is 2.05. The number of benzene rings is 2. The van der Waals surface area contributed by atoms with Crippen molar-refractivity contribution in [2.75, 3.05) is 28.3 Å². The number of aliphatic imine (C=N–C) groups is 1. The van der Waals surface area contributed by atoms with Crippen molar-refractivity contribution < 1.29 is 14.3 Å². The van der Waals surface area contributed by atoms with Crippen molar-refractivity contribution >= 4 is 11.9 Å². The van der Waals surface area contributed by atoms with Crippen molar-refractivity contribution in [2.24, 2.45) is 10.7 Å². The van der Waals surface area contributed by atoms with Crippen LogP contribution in [0.1, 0.15) is 21.5 Å². The summed E-state index contributed by atoms with van der Waals surface area (Å²) in [7, 11) is 6.93. The van der Waals surface area contributed by atoms with Gasteiger partial charge in [0.1, 0.15) is 11.5 Å². The second-order valence-corrected chi connectivity index (χ2v) is 6.00. The molecule has 0 aliphatic heterocycles. The van der Waals surface area contributed by atoms with E-state index in [0.29, 0.717) is 18.7 Å². The average molecular weight is 370 g/mol. The van der Waals surface area contributed by atoms with Crippen LogP contribution in [-0.2, 0) is 13.1 Å². The summed E-state index contributed by atoms with van der Waals surface area (Å²) >= 11 is 0. The van der Waals surface area contributed by atoms with E-state index in [9.17, 15) is 4.79 Å². The number of hydrogen-bond donors (Lipinski definition) is 2. The summed E-state index contributed by atoms with van der Waals surface area (Å²) < 4.78 is 10.7. The van der Waals surface area contributed by atoms with Gasteiger partial charge in [-0.3, -0.25) is 9.79 Å². The van der Waals surface area contributed by atoms with Crippen LogP contribution in [0.5, 0.6) is 11.5 Å². The molecule has 27 heavy (non-hydrogen) atoms. The third-order valence-electron chi connectivity index (χ3n) is 4.14. The highest BCUT2D eigenvalue weighted by molar-refractivity contribution is 5.92. The van der Waals surface area contributed by atoms with Gasteiger partial charge in [-0.2, -0.15) is 0 Å². The van der Waals surface area contributed by atoms with Crippen LogP contribution in [0, 0.1) is 0 Å². The van der Waals surface area contributed by atoms with Gasteiger partial charge in [0.25, 0.3) is 0 Å². The first-order valence-electron chi connectivity index (χ1n) is 8.50. The number of primary amides is 1. The minimum Gasteiger partial charge on any atom is -0.497 e. The van der Waals surface area contributed by atoms with Crippen LogP contribution >= 0.6 is 0 Å². The number of nitrogens with zero attached hydrogens (tertiary/aromatic N) is 2. The van der Waals surface area contributed by atoms with Crippen molar-refractivity contribution in [3.05, 3.63) is 59.2 Å². The van der Waals surface area contributed by atoms with Gasteiger partial charge >= 0.3 is 0 Å². The molecule has 2 rings (SSSR count). The van der Waals surface area contributed by atoms with E-state index in [4.69, 9.17) is 15.2 Å².